The minimum Gasteiger partial charge on any atom is -0.504 e. The van der Waals surface area contributed by atoms with Crippen LogP contribution >= 0.6 is 0 Å². The molecule has 0 radical (unpaired) electrons. The Hall–Kier alpha value is -5.65. The standard InChI is InChI=1S/C29H26O12/c1-38-28(36)25(14-17-4-7-19(30)22(33)11-17)40-24-13-16(3-9-21(24)32)6-10-27(35)41-26(29(37)39-2)15-18-5-8-20(31)23(34)12-18/h3-14,26,30-34H,15H2,1-2H3/b10-6+,25-14+/t26-/m1/s1. The average Bonchev–Trinajstić information content (AvgIpc) is 2.95. The maximum Gasteiger partial charge on any atom is 0.373 e. The number of phenolic OH excluding ortho intramolecular Hbond substituents is 5. The molecule has 3 aromatic rings. The number of rotatable bonds is 10. The van der Waals surface area contributed by atoms with Crippen molar-refractivity contribution in [2.45, 2.75) is 12.5 Å². The van der Waals surface area contributed by atoms with Gasteiger partial charge in [0.1, 0.15) is 0 Å². The van der Waals surface area contributed by atoms with E-state index in [0.29, 0.717) is 11.1 Å². The Labute approximate surface area is 233 Å². The largest absolute Gasteiger partial charge is 0.504 e. The molecule has 0 amide bonds. The van der Waals surface area contributed by atoms with E-state index in [0.717, 1.165) is 20.3 Å². The molecule has 0 spiro atoms. The minimum absolute atomic E-state index is 0.140. The van der Waals surface area contributed by atoms with Crippen LogP contribution in [0.5, 0.6) is 34.5 Å². The molecule has 3 rings (SSSR count). The van der Waals surface area contributed by atoms with Crippen molar-refractivity contribution in [1.29, 1.82) is 0 Å². The summed E-state index contributed by atoms with van der Waals surface area (Å²) < 4.78 is 20.2. The van der Waals surface area contributed by atoms with E-state index in [-0.39, 0.29) is 40.7 Å². The third-order valence-electron chi connectivity index (χ3n) is 5.48. The number of phenols is 5. The van der Waals surface area contributed by atoms with E-state index in [2.05, 4.69) is 4.74 Å². The molecule has 0 aromatic heterocycles. The number of carbonyl (C=O) groups excluding carboxylic acids is 3. The molecule has 0 bridgehead atoms. The SMILES string of the molecule is COC(=O)/C(=C\c1ccc(O)c(O)c1)Oc1cc(/C=C/C(=O)O[C@H](Cc2ccc(O)c(O)c2)C(=O)OC)ccc1O. The molecule has 0 fully saturated rings. The summed E-state index contributed by atoms with van der Waals surface area (Å²) in [7, 11) is 2.23. The van der Waals surface area contributed by atoms with Gasteiger partial charge in [-0.25, -0.2) is 14.4 Å². The molecule has 41 heavy (non-hydrogen) atoms. The van der Waals surface area contributed by atoms with Crippen molar-refractivity contribution in [3.8, 4) is 34.5 Å². The first kappa shape index (κ1) is 29.9. The molecule has 0 saturated carbocycles. The van der Waals surface area contributed by atoms with Crippen LogP contribution in [0.25, 0.3) is 12.2 Å². The van der Waals surface area contributed by atoms with Crippen LogP contribution in [-0.2, 0) is 35.0 Å². The monoisotopic (exact) mass is 566 g/mol. The first-order chi connectivity index (χ1) is 19.5. The van der Waals surface area contributed by atoms with Gasteiger partial charge in [0.2, 0.25) is 11.9 Å². The van der Waals surface area contributed by atoms with Crippen LogP contribution < -0.4 is 4.74 Å². The molecule has 0 unspecified atom stereocenters. The molecule has 12 nitrogen and oxygen atoms in total. The summed E-state index contributed by atoms with van der Waals surface area (Å²) in [6.45, 7) is 0. The molecule has 0 heterocycles. The fraction of sp³-hybridized carbons (Fsp3) is 0.138. The van der Waals surface area contributed by atoms with Gasteiger partial charge in [-0.15, -0.1) is 0 Å². The van der Waals surface area contributed by atoms with Gasteiger partial charge in [-0.1, -0.05) is 18.2 Å². The highest BCUT2D eigenvalue weighted by atomic mass is 16.6. The van der Waals surface area contributed by atoms with Crippen LogP contribution in [0.15, 0.2) is 66.4 Å². The zero-order chi connectivity index (χ0) is 30.1. The molecular weight excluding hydrogens is 540 g/mol. The average molecular weight is 567 g/mol. The molecule has 214 valence electrons. The number of methoxy groups -OCH3 is 2. The highest BCUT2D eigenvalue weighted by Crippen LogP contribution is 2.31. The molecule has 5 N–H and O–H groups in total. The lowest BCUT2D eigenvalue weighted by molar-refractivity contribution is -0.162. The van der Waals surface area contributed by atoms with Gasteiger partial charge >= 0.3 is 17.9 Å². The lowest BCUT2D eigenvalue weighted by Gasteiger charge is -2.15. The van der Waals surface area contributed by atoms with E-state index in [4.69, 9.17) is 14.2 Å². The quantitative estimate of drug-likeness (QED) is 0.0794. The van der Waals surface area contributed by atoms with Crippen molar-refractivity contribution in [1.82, 2.24) is 0 Å². The Morgan fingerprint density at radius 2 is 1.39 bits per heavy atom. The number of ether oxygens (including phenoxy) is 4. The highest BCUT2D eigenvalue weighted by molar-refractivity contribution is 5.92. The first-order valence-electron chi connectivity index (χ1n) is 11.8. The summed E-state index contributed by atoms with van der Waals surface area (Å²) in [5.74, 6) is -5.12. The number of hydrogen-bond donors (Lipinski definition) is 5. The zero-order valence-electron chi connectivity index (χ0n) is 21.8. The van der Waals surface area contributed by atoms with E-state index in [1.54, 1.807) is 0 Å². The summed E-state index contributed by atoms with van der Waals surface area (Å²) in [5.41, 5.74) is 1.01. The highest BCUT2D eigenvalue weighted by Gasteiger charge is 2.24. The lowest BCUT2D eigenvalue weighted by Crippen LogP contribution is -2.30. The summed E-state index contributed by atoms with van der Waals surface area (Å²) in [5, 5.41) is 48.6. The van der Waals surface area contributed by atoms with Gasteiger partial charge in [-0.05, 0) is 65.2 Å². The molecule has 0 aliphatic rings. The van der Waals surface area contributed by atoms with Crippen molar-refractivity contribution in [3.05, 3.63) is 83.1 Å². The van der Waals surface area contributed by atoms with E-state index < -0.39 is 35.5 Å². The van der Waals surface area contributed by atoms with Crippen LogP contribution in [0, 0.1) is 0 Å². The topological polar surface area (TPSA) is 189 Å². The molecular formula is C29H26O12. The summed E-state index contributed by atoms with van der Waals surface area (Å²) >= 11 is 0. The van der Waals surface area contributed by atoms with Crippen LogP contribution in [0.2, 0.25) is 0 Å². The lowest BCUT2D eigenvalue weighted by atomic mass is 10.1. The third kappa shape index (κ3) is 8.17. The summed E-state index contributed by atoms with van der Waals surface area (Å²) in [6.07, 6.45) is 2.03. The predicted molar refractivity (Wildman–Crippen MR) is 143 cm³/mol. The zero-order valence-corrected chi connectivity index (χ0v) is 21.8. The van der Waals surface area contributed by atoms with Crippen molar-refractivity contribution >= 4 is 30.1 Å². The Kier molecular flexibility index (Phi) is 9.79. The Morgan fingerprint density at radius 1 is 0.756 bits per heavy atom. The van der Waals surface area contributed by atoms with Gasteiger partial charge < -0.3 is 44.5 Å². The first-order valence-corrected chi connectivity index (χ1v) is 11.8. The van der Waals surface area contributed by atoms with E-state index in [1.165, 1.54) is 66.7 Å². The molecule has 3 aromatic carbocycles. The summed E-state index contributed by atoms with van der Waals surface area (Å²) in [4.78, 5) is 36.9. The van der Waals surface area contributed by atoms with Crippen LogP contribution in [0.1, 0.15) is 16.7 Å². The number of esters is 3. The normalized spacial score (nSPS) is 12.0. The maximum atomic E-state index is 12.5. The molecule has 0 aliphatic heterocycles. The van der Waals surface area contributed by atoms with E-state index in [1.807, 2.05) is 0 Å². The van der Waals surface area contributed by atoms with Crippen molar-refractivity contribution in [3.63, 3.8) is 0 Å². The summed E-state index contributed by atoms with van der Waals surface area (Å²) in [6, 6.07) is 11.6. The predicted octanol–water partition coefficient (Wildman–Crippen LogP) is 3.15. The van der Waals surface area contributed by atoms with Gasteiger partial charge in [0, 0.05) is 12.5 Å². The Morgan fingerprint density at radius 3 is 2.02 bits per heavy atom. The van der Waals surface area contributed by atoms with E-state index in [9.17, 15) is 39.9 Å². The van der Waals surface area contributed by atoms with Gasteiger partial charge in [-0.2, -0.15) is 0 Å². The molecule has 1 atom stereocenters. The molecule has 0 aliphatic carbocycles. The van der Waals surface area contributed by atoms with Crippen LogP contribution in [0.4, 0.5) is 0 Å². The second-order valence-electron chi connectivity index (χ2n) is 8.39. The van der Waals surface area contributed by atoms with Crippen LogP contribution in [0.3, 0.4) is 0 Å². The fourth-order valence-electron chi connectivity index (χ4n) is 3.41. The van der Waals surface area contributed by atoms with Crippen molar-refractivity contribution < 1.29 is 58.9 Å². The fourth-order valence-corrected chi connectivity index (χ4v) is 3.41. The number of carbonyl (C=O) groups is 3. The second kappa shape index (κ2) is 13.4. The van der Waals surface area contributed by atoms with E-state index >= 15 is 0 Å². The number of benzene rings is 3. The van der Waals surface area contributed by atoms with Gasteiger partial charge in [0.25, 0.3) is 0 Å². The van der Waals surface area contributed by atoms with Gasteiger partial charge in [0.05, 0.1) is 14.2 Å². The molecule has 0 saturated heterocycles. The van der Waals surface area contributed by atoms with Gasteiger partial charge in [0.15, 0.2) is 34.5 Å². The van der Waals surface area contributed by atoms with Crippen molar-refractivity contribution in [2.75, 3.05) is 14.2 Å². The number of hydrogen-bond acceptors (Lipinski definition) is 12. The Balaban J connectivity index is 1.78. The number of aromatic hydroxyl groups is 5. The van der Waals surface area contributed by atoms with Crippen molar-refractivity contribution in [2.24, 2.45) is 0 Å². The maximum absolute atomic E-state index is 12.5. The molecule has 12 heteroatoms. The smallest absolute Gasteiger partial charge is 0.373 e. The minimum atomic E-state index is -1.35. The van der Waals surface area contributed by atoms with Gasteiger partial charge in [-0.3, -0.25) is 0 Å². The Bertz CT molecular complexity index is 1510. The third-order valence-corrected chi connectivity index (χ3v) is 5.48. The second-order valence-corrected chi connectivity index (χ2v) is 8.39. The van der Waals surface area contributed by atoms with Crippen LogP contribution in [-0.4, -0.2) is 63.8 Å².